The van der Waals surface area contributed by atoms with Gasteiger partial charge in [0.05, 0.1) is 11.0 Å². The van der Waals surface area contributed by atoms with E-state index in [1.807, 2.05) is 29.6 Å². The van der Waals surface area contributed by atoms with Gasteiger partial charge in [0.2, 0.25) is 5.91 Å². The molecule has 2 aromatic heterocycles. The van der Waals surface area contributed by atoms with E-state index in [0.717, 1.165) is 10.4 Å². The average molecular weight is 413 g/mol. The number of hydrogen-bond acceptors (Lipinski definition) is 5. The number of carbonyl (C=O) groups is 1. The first-order valence-electron chi connectivity index (χ1n) is 9.39. The minimum absolute atomic E-state index is 0.0446. The minimum atomic E-state index is -0.462. The van der Waals surface area contributed by atoms with Gasteiger partial charge in [-0.25, -0.2) is 0 Å². The molecular formula is C21H24N4O3S. The first kappa shape index (κ1) is 20.7. The summed E-state index contributed by atoms with van der Waals surface area (Å²) in [4.78, 5) is 24.5. The lowest BCUT2D eigenvalue weighted by molar-refractivity contribution is -0.386. The van der Waals surface area contributed by atoms with Gasteiger partial charge in [-0.05, 0) is 42.3 Å². The Balaban J connectivity index is 1.83. The highest BCUT2D eigenvalue weighted by molar-refractivity contribution is 7.10. The zero-order valence-corrected chi connectivity index (χ0v) is 17.7. The molecule has 1 unspecified atom stereocenters. The number of aryl methyl sites for hydroxylation is 1. The maximum atomic E-state index is 12.8. The van der Waals surface area contributed by atoms with Gasteiger partial charge in [-0.2, -0.15) is 5.10 Å². The normalized spacial score (nSPS) is 12.2. The van der Waals surface area contributed by atoms with E-state index >= 15 is 0 Å². The third kappa shape index (κ3) is 4.54. The molecule has 1 aromatic carbocycles. The number of hydrogen-bond donors (Lipinski definition) is 1. The van der Waals surface area contributed by atoms with Crippen molar-refractivity contribution in [3.63, 3.8) is 0 Å². The largest absolute Gasteiger partial charge is 0.343 e. The topological polar surface area (TPSA) is 90.1 Å². The smallest absolute Gasteiger partial charge is 0.312 e. The van der Waals surface area contributed by atoms with Gasteiger partial charge in [0.15, 0.2) is 0 Å². The lowest BCUT2D eigenvalue weighted by Crippen LogP contribution is -2.32. The Morgan fingerprint density at radius 1 is 1.21 bits per heavy atom. The van der Waals surface area contributed by atoms with E-state index < -0.39 is 4.92 Å². The van der Waals surface area contributed by atoms with Crippen molar-refractivity contribution in [2.45, 2.75) is 46.2 Å². The third-order valence-electron chi connectivity index (χ3n) is 4.89. The van der Waals surface area contributed by atoms with E-state index in [0.29, 0.717) is 17.3 Å². The molecule has 0 aliphatic rings. The molecule has 7 nitrogen and oxygen atoms in total. The lowest BCUT2D eigenvalue weighted by atomic mass is 9.98. The highest BCUT2D eigenvalue weighted by Gasteiger charge is 2.24. The van der Waals surface area contributed by atoms with E-state index in [4.69, 9.17) is 0 Å². The maximum Gasteiger partial charge on any atom is 0.312 e. The van der Waals surface area contributed by atoms with Crippen molar-refractivity contribution in [3.05, 3.63) is 79.3 Å². The van der Waals surface area contributed by atoms with Crippen molar-refractivity contribution in [1.29, 1.82) is 0 Å². The second kappa shape index (κ2) is 8.57. The number of thiophene rings is 1. The van der Waals surface area contributed by atoms with E-state index in [1.54, 1.807) is 25.2 Å². The number of carbonyl (C=O) groups excluding carboxylic acids is 1. The second-order valence-electron chi connectivity index (χ2n) is 7.27. The number of nitro groups is 1. The summed E-state index contributed by atoms with van der Waals surface area (Å²) >= 11 is 1.57. The number of nitrogens with one attached hydrogen (secondary N) is 1. The predicted molar refractivity (Wildman–Crippen MR) is 113 cm³/mol. The molecule has 29 heavy (non-hydrogen) atoms. The van der Waals surface area contributed by atoms with Crippen LogP contribution in [0.5, 0.6) is 0 Å². The first-order valence-corrected chi connectivity index (χ1v) is 10.3. The Bertz CT molecular complexity index is 1010. The van der Waals surface area contributed by atoms with E-state index in [2.05, 4.69) is 36.4 Å². The standard InChI is InChI=1S/C21H24N4O3S/c1-13(2)16-7-9-17(10-8-16)20(18-6-5-11-29-18)22-19(26)12-24-15(4)21(25(27)28)14(3)23-24/h5-11,13,20H,12H2,1-4H3,(H,22,26). The van der Waals surface area contributed by atoms with Gasteiger partial charge in [0.1, 0.15) is 17.9 Å². The fourth-order valence-electron chi connectivity index (χ4n) is 3.30. The Morgan fingerprint density at radius 3 is 2.38 bits per heavy atom. The monoisotopic (exact) mass is 412 g/mol. The van der Waals surface area contributed by atoms with Crippen LogP contribution in [0.4, 0.5) is 5.69 Å². The Morgan fingerprint density at radius 2 is 1.86 bits per heavy atom. The molecule has 3 rings (SSSR count). The van der Waals surface area contributed by atoms with Gasteiger partial charge in [0, 0.05) is 4.88 Å². The van der Waals surface area contributed by atoms with Crippen LogP contribution in [0, 0.1) is 24.0 Å². The average Bonchev–Trinajstić information content (AvgIpc) is 3.28. The van der Waals surface area contributed by atoms with Crippen LogP contribution in [0.1, 0.15) is 53.2 Å². The number of nitrogens with zero attached hydrogens (tertiary/aromatic N) is 3. The number of rotatable bonds is 7. The van der Waals surface area contributed by atoms with Crippen LogP contribution in [0.2, 0.25) is 0 Å². The van der Waals surface area contributed by atoms with Gasteiger partial charge < -0.3 is 5.32 Å². The van der Waals surface area contributed by atoms with Crippen molar-refractivity contribution in [2.24, 2.45) is 0 Å². The van der Waals surface area contributed by atoms with Crippen molar-refractivity contribution in [1.82, 2.24) is 15.1 Å². The summed E-state index contributed by atoms with van der Waals surface area (Å²) in [5.41, 5.74) is 2.86. The van der Waals surface area contributed by atoms with Crippen molar-refractivity contribution in [3.8, 4) is 0 Å². The molecule has 2 heterocycles. The molecule has 152 valence electrons. The van der Waals surface area contributed by atoms with Crippen LogP contribution in [-0.4, -0.2) is 20.6 Å². The van der Waals surface area contributed by atoms with Crippen LogP contribution >= 0.6 is 11.3 Å². The molecule has 0 aliphatic carbocycles. The summed E-state index contributed by atoms with van der Waals surface area (Å²) in [6.07, 6.45) is 0. The molecule has 1 N–H and O–H groups in total. The van der Waals surface area contributed by atoms with Crippen LogP contribution in [-0.2, 0) is 11.3 Å². The molecular weight excluding hydrogens is 388 g/mol. The molecule has 3 aromatic rings. The SMILES string of the molecule is Cc1nn(CC(=O)NC(c2ccc(C(C)C)cc2)c2cccs2)c(C)c1[N+](=O)[O-]. The molecule has 0 bridgehead atoms. The van der Waals surface area contributed by atoms with Gasteiger partial charge in [0.25, 0.3) is 0 Å². The molecule has 0 saturated heterocycles. The molecule has 8 heteroatoms. The number of amides is 1. The summed E-state index contributed by atoms with van der Waals surface area (Å²) in [6.45, 7) is 7.38. The second-order valence-corrected chi connectivity index (χ2v) is 8.25. The van der Waals surface area contributed by atoms with Gasteiger partial charge in [-0.15, -0.1) is 11.3 Å². The van der Waals surface area contributed by atoms with E-state index in [-0.39, 0.29) is 24.2 Å². The third-order valence-corrected chi connectivity index (χ3v) is 5.83. The van der Waals surface area contributed by atoms with Crippen LogP contribution in [0.15, 0.2) is 41.8 Å². The summed E-state index contributed by atoms with van der Waals surface area (Å²) in [6, 6.07) is 11.9. The highest BCUT2D eigenvalue weighted by Crippen LogP contribution is 2.28. The van der Waals surface area contributed by atoms with Crippen molar-refractivity contribution in [2.75, 3.05) is 0 Å². The van der Waals surface area contributed by atoms with Crippen molar-refractivity contribution >= 4 is 22.9 Å². The fraction of sp³-hybridized carbons (Fsp3) is 0.333. The van der Waals surface area contributed by atoms with Crippen molar-refractivity contribution < 1.29 is 9.72 Å². The Kier molecular flexibility index (Phi) is 6.12. The van der Waals surface area contributed by atoms with Gasteiger partial charge in [-0.3, -0.25) is 19.6 Å². The first-order chi connectivity index (χ1) is 13.8. The summed E-state index contributed by atoms with van der Waals surface area (Å²) < 4.78 is 1.39. The number of benzene rings is 1. The Labute approximate surface area is 173 Å². The lowest BCUT2D eigenvalue weighted by Gasteiger charge is -2.19. The summed E-state index contributed by atoms with van der Waals surface area (Å²) in [7, 11) is 0. The van der Waals surface area contributed by atoms with E-state index in [9.17, 15) is 14.9 Å². The number of aromatic nitrogens is 2. The van der Waals surface area contributed by atoms with Gasteiger partial charge >= 0.3 is 5.69 Å². The van der Waals surface area contributed by atoms with Crippen LogP contribution in [0.3, 0.4) is 0 Å². The van der Waals surface area contributed by atoms with Crippen LogP contribution in [0.25, 0.3) is 0 Å². The molecule has 1 atom stereocenters. The minimum Gasteiger partial charge on any atom is -0.343 e. The molecule has 0 fully saturated rings. The zero-order chi connectivity index (χ0) is 21.1. The Hall–Kier alpha value is -3.00. The molecule has 0 radical (unpaired) electrons. The van der Waals surface area contributed by atoms with Gasteiger partial charge in [-0.1, -0.05) is 44.2 Å². The fourth-order valence-corrected chi connectivity index (χ4v) is 4.10. The molecule has 1 amide bonds. The molecule has 0 aliphatic heterocycles. The zero-order valence-electron chi connectivity index (χ0n) is 16.9. The van der Waals surface area contributed by atoms with Crippen LogP contribution < -0.4 is 5.32 Å². The quantitative estimate of drug-likeness (QED) is 0.457. The maximum absolute atomic E-state index is 12.8. The summed E-state index contributed by atoms with van der Waals surface area (Å²) in [5, 5.41) is 20.4. The molecule has 0 spiro atoms. The van der Waals surface area contributed by atoms with E-state index in [1.165, 1.54) is 10.2 Å². The highest BCUT2D eigenvalue weighted by atomic mass is 32.1. The summed E-state index contributed by atoms with van der Waals surface area (Å²) in [5.74, 6) is 0.178. The predicted octanol–water partition coefficient (Wildman–Crippen LogP) is 4.50. The molecule has 0 saturated carbocycles.